The van der Waals surface area contributed by atoms with Crippen LogP contribution in [0.4, 0.5) is 5.95 Å². The van der Waals surface area contributed by atoms with Crippen LogP contribution in [-0.2, 0) is 26.1 Å². The smallest absolute Gasteiger partial charge is 0.225 e. The molecule has 0 radical (unpaired) electrons. The third-order valence-electron chi connectivity index (χ3n) is 5.70. The second-order valence-electron chi connectivity index (χ2n) is 8.12. The highest BCUT2D eigenvalue weighted by Crippen LogP contribution is 2.17. The Balaban J connectivity index is 1.46. The summed E-state index contributed by atoms with van der Waals surface area (Å²) in [6, 6.07) is 13.1. The summed E-state index contributed by atoms with van der Waals surface area (Å²) in [5, 5.41) is 0. The van der Waals surface area contributed by atoms with Crippen molar-refractivity contribution in [3.8, 4) is 0 Å². The van der Waals surface area contributed by atoms with E-state index in [9.17, 15) is 0 Å². The van der Waals surface area contributed by atoms with E-state index in [1.807, 2.05) is 30.9 Å². The van der Waals surface area contributed by atoms with Crippen molar-refractivity contribution in [2.45, 2.75) is 52.2 Å². The third-order valence-corrected chi connectivity index (χ3v) is 5.70. The van der Waals surface area contributed by atoms with Crippen LogP contribution in [0.15, 0.2) is 61.2 Å². The van der Waals surface area contributed by atoms with Crippen molar-refractivity contribution in [1.29, 1.82) is 0 Å². The van der Waals surface area contributed by atoms with Crippen LogP contribution in [0.2, 0.25) is 0 Å². The molecule has 0 N–H and O–H groups in total. The van der Waals surface area contributed by atoms with Crippen LogP contribution in [-0.4, -0.2) is 32.9 Å². The summed E-state index contributed by atoms with van der Waals surface area (Å²) in [6.45, 7) is 6.87. The Morgan fingerprint density at radius 1 is 0.767 bits per heavy atom. The molecule has 0 saturated carbocycles. The van der Waals surface area contributed by atoms with Crippen LogP contribution in [0.25, 0.3) is 0 Å². The fourth-order valence-electron chi connectivity index (χ4n) is 4.00. The molecule has 0 aliphatic carbocycles. The number of aryl methyl sites for hydroxylation is 1. The van der Waals surface area contributed by atoms with Crippen LogP contribution in [0.5, 0.6) is 0 Å². The first-order valence-electron chi connectivity index (χ1n) is 11.0. The number of anilines is 1. The van der Waals surface area contributed by atoms with Crippen LogP contribution in [0.3, 0.4) is 0 Å². The summed E-state index contributed by atoms with van der Waals surface area (Å²) in [7, 11) is 0. The van der Waals surface area contributed by atoms with Crippen molar-refractivity contribution in [3.63, 3.8) is 0 Å². The molecule has 0 bridgehead atoms. The lowest BCUT2D eigenvalue weighted by atomic mass is 10.1. The SMILES string of the molecule is CCc1ccc(CN(Cc2cccnc2)Cc2cnc(N3CCCCC3)nc2)cc1. The second kappa shape index (κ2) is 10.3. The maximum Gasteiger partial charge on any atom is 0.225 e. The number of benzene rings is 1. The van der Waals surface area contributed by atoms with Gasteiger partial charge in [0.1, 0.15) is 0 Å². The molecule has 4 rings (SSSR count). The van der Waals surface area contributed by atoms with Crippen molar-refractivity contribution in [1.82, 2.24) is 19.9 Å². The summed E-state index contributed by atoms with van der Waals surface area (Å²) in [5.41, 5.74) is 5.06. The Morgan fingerprint density at radius 3 is 2.10 bits per heavy atom. The molecule has 5 nitrogen and oxygen atoms in total. The molecule has 156 valence electrons. The zero-order valence-corrected chi connectivity index (χ0v) is 17.9. The quantitative estimate of drug-likeness (QED) is 0.551. The van der Waals surface area contributed by atoms with E-state index >= 15 is 0 Å². The largest absolute Gasteiger partial charge is 0.341 e. The van der Waals surface area contributed by atoms with E-state index in [0.717, 1.165) is 50.7 Å². The molecule has 5 heteroatoms. The first kappa shape index (κ1) is 20.5. The summed E-state index contributed by atoms with van der Waals surface area (Å²) in [6.07, 6.45) is 12.6. The number of hydrogen-bond donors (Lipinski definition) is 0. The maximum absolute atomic E-state index is 4.67. The zero-order chi connectivity index (χ0) is 20.6. The van der Waals surface area contributed by atoms with E-state index in [2.05, 4.69) is 62.0 Å². The van der Waals surface area contributed by atoms with Gasteiger partial charge >= 0.3 is 0 Å². The number of nitrogens with zero attached hydrogens (tertiary/aromatic N) is 5. The van der Waals surface area contributed by atoms with E-state index in [1.54, 1.807) is 0 Å². The van der Waals surface area contributed by atoms with Crippen LogP contribution in [0, 0.1) is 0 Å². The van der Waals surface area contributed by atoms with Gasteiger partial charge in [-0.3, -0.25) is 9.88 Å². The van der Waals surface area contributed by atoms with Gasteiger partial charge in [0.05, 0.1) is 0 Å². The minimum Gasteiger partial charge on any atom is -0.341 e. The predicted molar refractivity (Wildman–Crippen MR) is 121 cm³/mol. The molecule has 1 aliphatic rings. The number of hydrogen-bond acceptors (Lipinski definition) is 5. The van der Waals surface area contributed by atoms with Crippen LogP contribution >= 0.6 is 0 Å². The van der Waals surface area contributed by atoms with Gasteiger partial charge in [0.15, 0.2) is 0 Å². The monoisotopic (exact) mass is 401 g/mol. The van der Waals surface area contributed by atoms with E-state index in [0.29, 0.717) is 0 Å². The molecule has 30 heavy (non-hydrogen) atoms. The topological polar surface area (TPSA) is 45.2 Å². The molecule has 3 aromatic rings. The van der Waals surface area contributed by atoms with Gasteiger partial charge in [-0.1, -0.05) is 37.3 Å². The molecule has 0 unspecified atom stereocenters. The molecule has 2 aromatic heterocycles. The third kappa shape index (κ3) is 5.63. The average molecular weight is 402 g/mol. The highest BCUT2D eigenvalue weighted by molar-refractivity contribution is 5.30. The number of aromatic nitrogens is 3. The van der Waals surface area contributed by atoms with Gasteiger partial charge < -0.3 is 4.90 Å². The molecular formula is C25H31N5. The predicted octanol–water partition coefficient (Wildman–Crippen LogP) is 4.63. The number of pyridine rings is 1. The molecule has 0 amide bonds. The lowest BCUT2D eigenvalue weighted by Gasteiger charge is -2.27. The summed E-state index contributed by atoms with van der Waals surface area (Å²) in [5.74, 6) is 0.868. The van der Waals surface area contributed by atoms with Crippen LogP contribution in [0.1, 0.15) is 48.4 Å². The highest BCUT2D eigenvalue weighted by atomic mass is 15.2. The highest BCUT2D eigenvalue weighted by Gasteiger charge is 2.14. The lowest BCUT2D eigenvalue weighted by Crippen LogP contribution is -2.31. The molecular weight excluding hydrogens is 370 g/mol. The molecule has 0 atom stereocenters. The van der Waals surface area contributed by atoms with Crippen molar-refractivity contribution >= 4 is 5.95 Å². The van der Waals surface area contributed by atoms with Crippen molar-refractivity contribution in [2.24, 2.45) is 0 Å². The molecule has 1 aliphatic heterocycles. The van der Waals surface area contributed by atoms with Gasteiger partial charge in [-0.15, -0.1) is 0 Å². The maximum atomic E-state index is 4.67. The normalized spacial score (nSPS) is 14.3. The van der Waals surface area contributed by atoms with Gasteiger partial charge in [0.2, 0.25) is 5.95 Å². The van der Waals surface area contributed by atoms with Crippen molar-refractivity contribution in [2.75, 3.05) is 18.0 Å². The molecule has 1 fully saturated rings. The number of piperidine rings is 1. The standard InChI is InChI=1S/C25H31N5/c1-2-21-8-10-22(11-9-21)18-29(19-23-7-6-12-26-15-23)20-24-16-27-25(28-17-24)30-13-4-3-5-14-30/h6-12,15-17H,2-5,13-14,18-20H2,1H3. The Labute approximate surface area is 179 Å². The molecule has 1 aromatic carbocycles. The summed E-state index contributed by atoms with van der Waals surface area (Å²) >= 11 is 0. The molecule has 0 spiro atoms. The Hall–Kier alpha value is -2.79. The lowest BCUT2D eigenvalue weighted by molar-refractivity contribution is 0.247. The Bertz CT molecular complexity index is 887. The Kier molecular flexibility index (Phi) is 7.03. The van der Waals surface area contributed by atoms with E-state index < -0.39 is 0 Å². The number of rotatable bonds is 8. The fourth-order valence-corrected chi connectivity index (χ4v) is 4.00. The fraction of sp³-hybridized carbons (Fsp3) is 0.400. The van der Waals surface area contributed by atoms with Crippen molar-refractivity contribution in [3.05, 3.63) is 83.4 Å². The van der Waals surface area contributed by atoms with Gasteiger partial charge in [0, 0.05) is 63.1 Å². The molecule has 3 heterocycles. The van der Waals surface area contributed by atoms with Gasteiger partial charge in [-0.25, -0.2) is 9.97 Å². The zero-order valence-electron chi connectivity index (χ0n) is 17.9. The van der Waals surface area contributed by atoms with E-state index in [1.165, 1.54) is 36.0 Å². The Morgan fingerprint density at radius 2 is 1.43 bits per heavy atom. The van der Waals surface area contributed by atoms with E-state index in [-0.39, 0.29) is 0 Å². The molecule has 1 saturated heterocycles. The second-order valence-corrected chi connectivity index (χ2v) is 8.12. The first-order chi connectivity index (χ1) is 14.8. The van der Waals surface area contributed by atoms with Gasteiger partial charge in [-0.2, -0.15) is 0 Å². The van der Waals surface area contributed by atoms with Crippen LogP contribution < -0.4 is 4.90 Å². The van der Waals surface area contributed by atoms with Gasteiger partial charge in [-0.05, 0) is 48.4 Å². The first-order valence-corrected chi connectivity index (χ1v) is 11.0. The minimum absolute atomic E-state index is 0.810. The minimum atomic E-state index is 0.810. The summed E-state index contributed by atoms with van der Waals surface area (Å²) < 4.78 is 0. The van der Waals surface area contributed by atoms with Gasteiger partial charge in [0.25, 0.3) is 0 Å². The van der Waals surface area contributed by atoms with Crippen molar-refractivity contribution < 1.29 is 0 Å². The van der Waals surface area contributed by atoms with E-state index in [4.69, 9.17) is 0 Å². The summed E-state index contributed by atoms with van der Waals surface area (Å²) in [4.78, 5) is 18.3. The average Bonchev–Trinajstić information content (AvgIpc) is 2.81.